The quantitative estimate of drug-likeness (QED) is 0.477. The fourth-order valence-corrected chi connectivity index (χ4v) is 3.09. The van der Waals surface area contributed by atoms with Crippen molar-refractivity contribution in [3.8, 4) is 0 Å². The van der Waals surface area contributed by atoms with E-state index >= 15 is 0 Å². The second-order valence-electron chi connectivity index (χ2n) is 4.53. The van der Waals surface area contributed by atoms with Crippen molar-refractivity contribution >= 4 is 11.9 Å². The van der Waals surface area contributed by atoms with Crippen molar-refractivity contribution in [2.24, 2.45) is 5.92 Å². The zero-order chi connectivity index (χ0) is 11.4. The van der Waals surface area contributed by atoms with Crippen LogP contribution in [0.1, 0.15) is 6.42 Å². The SMILES string of the molecule is C=CC(=O)OC1C2CC3C(=O)N(C)C1C3O2. The van der Waals surface area contributed by atoms with Crippen LogP contribution in [0.15, 0.2) is 12.7 Å². The van der Waals surface area contributed by atoms with Crippen LogP contribution in [-0.4, -0.2) is 48.2 Å². The molecule has 3 aliphatic heterocycles. The maximum atomic E-state index is 11.8. The van der Waals surface area contributed by atoms with Crippen LogP contribution in [0, 0.1) is 5.92 Å². The summed E-state index contributed by atoms with van der Waals surface area (Å²) in [5, 5.41) is 0. The van der Waals surface area contributed by atoms with Gasteiger partial charge in [-0.25, -0.2) is 4.79 Å². The number of hydrogen-bond donors (Lipinski definition) is 0. The second kappa shape index (κ2) is 3.07. The molecule has 5 nitrogen and oxygen atoms in total. The molecule has 86 valence electrons. The van der Waals surface area contributed by atoms with E-state index in [1.54, 1.807) is 11.9 Å². The highest BCUT2D eigenvalue weighted by Gasteiger charge is 2.65. The summed E-state index contributed by atoms with van der Waals surface area (Å²) < 4.78 is 11.0. The van der Waals surface area contributed by atoms with Gasteiger partial charge >= 0.3 is 5.97 Å². The maximum absolute atomic E-state index is 11.8. The van der Waals surface area contributed by atoms with Crippen molar-refractivity contribution in [2.45, 2.75) is 30.8 Å². The van der Waals surface area contributed by atoms with E-state index in [1.807, 2.05) is 0 Å². The molecule has 0 aromatic carbocycles. The number of likely N-dealkylation sites (tertiary alicyclic amines) is 1. The summed E-state index contributed by atoms with van der Waals surface area (Å²) in [6, 6.07) is -0.111. The Labute approximate surface area is 93.0 Å². The minimum absolute atomic E-state index is 0.0290. The van der Waals surface area contributed by atoms with Crippen molar-refractivity contribution in [3.63, 3.8) is 0 Å². The molecule has 0 spiro atoms. The van der Waals surface area contributed by atoms with Gasteiger partial charge in [0, 0.05) is 13.1 Å². The molecule has 5 heteroatoms. The fraction of sp³-hybridized carbons (Fsp3) is 0.636. The number of fused-ring (bicyclic) bond motifs is 1. The minimum Gasteiger partial charge on any atom is -0.454 e. The van der Waals surface area contributed by atoms with E-state index in [0.717, 1.165) is 6.08 Å². The molecule has 3 fully saturated rings. The smallest absolute Gasteiger partial charge is 0.330 e. The molecule has 3 heterocycles. The number of nitrogens with zero attached hydrogens (tertiary/aromatic N) is 1. The first-order valence-electron chi connectivity index (χ1n) is 5.38. The molecular weight excluding hydrogens is 210 g/mol. The monoisotopic (exact) mass is 223 g/mol. The summed E-state index contributed by atoms with van der Waals surface area (Å²) in [4.78, 5) is 24.7. The molecule has 5 unspecified atom stereocenters. The van der Waals surface area contributed by atoms with Crippen molar-refractivity contribution < 1.29 is 19.1 Å². The van der Waals surface area contributed by atoms with Crippen molar-refractivity contribution in [1.29, 1.82) is 0 Å². The molecule has 0 N–H and O–H groups in total. The molecule has 2 bridgehead atoms. The van der Waals surface area contributed by atoms with Crippen LogP contribution in [0.25, 0.3) is 0 Å². The first-order valence-corrected chi connectivity index (χ1v) is 5.38. The summed E-state index contributed by atoms with van der Waals surface area (Å²) in [7, 11) is 1.74. The molecule has 0 aromatic rings. The molecule has 3 rings (SSSR count). The summed E-state index contributed by atoms with van der Waals surface area (Å²) >= 11 is 0. The van der Waals surface area contributed by atoms with E-state index in [2.05, 4.69) is 6.58 Å². The van der Waals surface area contributed by atoms with Gasteiger partial charge in [-0.15, -0.1) is 0 Å². The van der Waals surface area contributed by atoms with E-state index < -0.39 is 5.97 Å². The van der Waals surface area contributed by atoms with E-state index in [0.29, 0.717) is 6.42 Å². The first kappa shape index (κ1) is 9.84. The molecule has 0 saturated carbocycles. The van der Waals surface area contributed by atoms with Gasteiger partial charge in [0.1, 0.15) is 0 Å². The average molecular weight is 223 g/mol. The Bertz CT molecular complexity index is 380. The third-order valence-corrected chi connectivity index (χ3v) is 3.79. The molecule has 3 saturated heterocycles. The first-order chi connectivity index (χ1) is 7.63. The van der Waals surface area contributed by atoms with Crippen LogP contribution < -0.4 is 0 Å². The zero-order valence-corrected chi connectivity index (χ0v) is 8.96. The van der Waals surface area contributed by atoms with E-state index in [-0.39, 0.29) is 36.2 Å². The van der Waals surface area contributed by atoms with Crippen molar-refractivity contribution in [3.05, 3.63) is 12.7 Å². The normalized spacial score (nSPS) is 43.9. The Morgan fingerprint density at radius 3 is 3.12 bits per heavy atom. The van der Waals surface area contributed by atoms with Crippen LogP contribution in [0.2, 0.25) is 0 Å². The molecule has 0 aromatic heterocycles. The molecule has 0 radical (unpaired) electrons. The lowest BCUT2D eigenvalue weighted by molar-refractivity contribution is -0.148. The third kappa shape index (κ3) is 1.04. The van der Waals surface area contributed by atoms with Crippen LogP contribution in [0.3, 0.4) is 0 Å². The predicted octanol–water partition coefficient (Wildman–Crippen LogP) is -0.288. The standard InChI is InChI=1S/C11H13NO4/c1-3-7(13)16-10-6-4-5-9(15-6)8(10)12(2)11(5)14/h3,5-6,8-10H,1,4H2,2H3. The number of likely N-dealkylation sites (N-methyl/N-ethyl adjacent to an activating group) is 1. The highest BCUT2D eigenvalue weighted by atomic mass is 16.6. The Morgan fingerprint density at radius 2 is 2.44 bits per heavy atom. The molecule has 1 amide bonds. The molecule has 16 heavy (non-hydrogen) atoms. The van der Waals surface area contributed by atoms with E-state index in [1.165, 1.54) is 0 Å². The van der Waals surface area contributed by atoms with Gasteiger partial charge in [0.25, 0.3) is 0 Å². The van der Waals surface area contributed by atoms with E-state index in [4.69, 9.17) is 9.47 Å². The van der Waals surface area contributed by atoms with Gasteiger partial charge < -0.3 is 14.4 Å². The van der Waals surface area contributed by atoms with Crippen molar-refractivity contribution in [1.82, 2.24) is 4.90 Å². The fourth-order valence-electron chi connectivity index (χ4n) is 3.09. The summed E-state index contributed by atoms with van der Waals surface area (Å²) in [6.45, 7) is 3.36. The minimum atomic E-state index is -0.453. The van der Waals surface area contributed by atoms with Crippen LogP contribution in [0.4, 0.5) is 0 Å². The highest BCUT2D eigenvalue weighted by Crippen LogP contribution is 2.48. The van der Waals surface area contributed by atoms with E-state index in [9.17, 15) is 9.59 Å². The number of hydrogen-bond acceptors (Lipinski definition) is 4. The number of esters is 1. The zero-order valence-electron chi connectivity index (χ0n) is 8.96. The lowest BCUT2D eigenvalue weighted by Crippen LogP contribution is -2.45. The predicted molar refractivity (Wildman–Crippen MR) is 53.4 cm³/mol. The summed E-state index contributed by atoms with van der Waals surface area (Å²) in [5.74, 6) is -0.376. The van der Waals surface area contributed by atoms with Crippen LogP contribution in [0.5, 0.6) is 0 Å². The van der Waals surface area contributed by atoms with Gasteiger partial charge in [-0.05, 0) is 6.42 Å². The Balaban J connectivity index is 1.86. The van der Waals surface area contributed by atoms with Crippen LogP contribution in [-0.2, 0) is 19.1 Å². The lowest BCUT2D eigenvalue weighted by atomic mass is 9.88. The number of carbonyl (C=O) groups is 2. The van der Waals surface area contributed by atoms with Gasteiger partial charge in [0.05, 0.1) is 24.2 Å². The molecule has 3 aliphatic rings. The summed E-state index contributed by atoms with van der Waals surface area (Å²) in [6.07, 6.45) is 1.26. The average Bonchev–Trinajstić information content (AvgIpc) is 2.87. The van der Waals surface area contributed by atoms with Gasteiger partial charge in [0.2, 0.25) is 5.91 Å². The number of rotatable bonds is 2. The molecular formula is C11H13NO4. The highest BCUT2D eigenvalue weighted by molar-refractivity contribution is 5.85. The van der Waals surface area contributed by atoms with Crippen LogP contribution >= 0.6 is 0 Å². The summed E-state index contributed by atoms with van der Waals surface area (Å²) in [5.41, 5.74) is 0. The Hall–Kier alpha value is -1.36. The lowest BCUT2D eigenvalue weighted by Gasteiger charge is -2.26. The van der Waals surface area contributed by atoms with Gasteiger partial charge in [-0.3, -0.25) is 4.79 Å². The molecule has 0 aliphatic carbocycles. The van der Waals surface area contributed by atoms with Gasteiger partial charge in [-0.2, -0.15) is 0 Å². The maximum Gasteiger partial charge on any atom is 0.330 e. The Morgan fingerprint density at radius 1 is 1.69 bits per heavy atom. The molecule has 5 atom stereocenters. The number of ether oxygens (including phenoxy) is 2. The third-order valence-electron chi connectivity index (χ3n) is 3.79. The van der Waals surface area contributed by atoms with Crippen molar-refractivity contribution in [2.75, 3.05) is 7.05 Å². The van der Waals surface area contributed by atoms with Gasteiger partial charge in [0.15, 0.2) is 6.10 Å². The number of amides is 1. The Kier molecular flexibility index (Phi) is 1.89. The second-order valence-corrected chi connectivity index (χ2v) is 4.53. The number of carbonyl (C=O) groups excluding carboxylic acids is 2. The topological polar surface area (TPSA) is 55.8 Å². The van der Waals surface area contributed by atoms with Gasteiger partial charge in [-0.1, -0.05) is 6.58 Å². The largest absolute Gasteiger partial charge is 0.454 e.